The van der Waals surface area contributed by atoms with E-state index in [0.717, 1.165) is 22.9 Å². The predicted molar refractivity (Wildman–Crippen MR) is 90.8 cm³/mol. The maximum absolute atomic E-state index is 13.3. The lowest BCUT2D eigenvalue weighted by Crippen LogP contribution is -2.28. The van der Waals surface area contributed by atoms with E-state index in [1.165, 1.54) is 17.0 Å². The molecule has 2 aromatic rings. The van der Waals surface area contributed by atoms with Crippen molar-refractivity contribution in [3.8, 4) is 0 Å². The number of hydrogen-bond donors (Lipinski definition) is 0. The molecule has 0 bridgehead atoms. The Labute approximate surface area is 137 Å². The van der Waals surface area contributed by atoms with E-state index in [4.69, 9.17) is 0 Å². The molecule has 1 aliphatic heterocycles. The van der Waals surface area contributed by atoms with Crippen molar-refractivity contribution in [3.63, 3.8) is 0 Å². The lowest BCUT2D eigenvalue weighted by atomic mass is 10.1. The molecule has 2 amide bonds. The first-order chi connectivity index (χ1) is 11.0. The van der Waals surface area contributed by atoms with Gasteiger partial charge in [0.2, 0.25) is 0 Å². The third-order valence-corrected chi connectivity index (χ3v) is 4.42. The Morgan fingerprint density at radius 2 is 1.87 bits per heavy atom. The van der Waals surface area contributed by atoms with Crippen LogP contribution in [0, 0.1) is 19.7 Å². The molecule has 0 saturated carbocycles. The summed E-state index contributed by atoms with van der Waals surface area (Å²) in [5, 5.41) is -0.341. The lowest BCUT2D eigenvalue weighted by Gasteiger charge is -2.15. The van der Waals surface area contributed by atoms with E-state index >= 15 is 0 Å². The van der Waals surface area contributed by atoms with Gasteiger partial charge in [0, 0.05) is 0 Å². The molecule has 0 radical (unpaired) electrons. The van der Waals surface area contributed by atoms with Gasteiger partial charge in [-0.3, -0.25) is 9.59 Å². The van der Waals surface area contributed by atoms with Gasteiger partial charge in [0.15, 0.2) is 0 Å². The molecule has 1 heterocycles. The molecule has 0 spiro atoms. The van der Waals surface area contributed by atoms with Gasteiger partial charge in [0.05, 0.1) is 10.6 Å². The van der Waals surface area contributed by atoms with E-state index in [1.54, 1.807) is 18.2 Å². The van der Waals surface area contributed by atoms with Crippen molar-refractivity contribution in [1.29, 1.82) is 0 Å². The number of imide groups is 1. The average molecular weight is 327 g/mol. The number of anilines is 1. The largest absolute Gasteiger partial charge is 0.298 e. The lowest BCUT2D eigenvalue weighted by molar-refractivity contribution is -0.113. The minimum absolute atomic E-state index is 0.293. The predicted octanol–water partition coefficient (Wildman–Crippen LogP) is 4.68. The zero-order chi connectivity index (χ0) is 16.6. The van der Waals surface area contributed by atoms with Crippen molar-refractivity contribution in [2.45, 2.75) is 13.8 Å². The van der Waals surface area contributed by atoms with Gasteiger partial charge in [-0.1, -0.05) is 24.3 Å². The molecular weight excluding hydrogens is 313 g/mol. The van der Waals surface area contributed by atoms with Crippen LogP contribution in [0.5, 0.6) is 0 Å². The average Bonchev–Trinajstić information content (AvgIpc) is 2.76. The van der Waals surface area contributed by atoms with Crippen molar-refractivity contribution >= 4 is 34.7 Å². The summed E-state index contributed by atoms with van der Waals surface area (Å²) in [7, 11) is 0. The molecule has 23 heavy (non-hydrogen) atoms. The van der Waals surface area contributed by atoms with Gasteiger partial charge in [-0.15, -0.1) is 0 Å². The van der Waals surface area contributed by atoms with Gasteiger partial charge in [-0.25, -0.2) is 9.29 Å². The van der Waals surface area contributed by atoms with E-state index in [9.17, 15) is 14.0 Å². The van der Waals surface area contributed by atoms with Crippen LogP contribution in [0.4, 0.5) is 14.9 Å². The number of carbonyl (C=O) groups is 2. The Morgan fingerprint density at radius 1 is 1.09 bits per heavy atom. The SMILES string of the molecule is Cc1ccc(C)c(N2C(=O)S/C(=C\c3cccc(F)c3)C2=O)c1. The first-order valence-corrected chi connectivity index (χ1v) is 7.88. The highest BCUT2D eigenvalue weighted by molar-refractivity contribution is 8.19. The summed E-state index contributed by atoms with van der Waals surface area (Å²) in [6, 6.07) is 11.5. The molecular formula is C18H14FNO2S. The van der Waals surface area contributed by atoms with Crippen LogP contribution in [0.15, 0.2) is 47.4 Å². The molecule has 2 aromatic carbocycles. The molecule has 1 fully saturated rings. The van der Waals surface area contributed by atoms with Crippen LogP contribution in [0.2, 0.25) is 0 Å². The standard InChI is InChI=1S/C18H14FNO2S/c1-11-6-7-12(2)15(8-11)20-17(21)16(23-18(20)22)10-13-4-3-5-14(19)9-13/h3-10H,1-2H3/b16-10-. The Hall–Kier alpha value is -2.40. The topological polar surface area (TPSA) is 37.4 Å². The zero-order valence-corrected chi connectivity index (χ0v) is 13.5. The first kappa shape index (κ1) is 15.5. The van der Waals surface area contributed by atoms with Crippen molar-refractivity contribution in [2.24, 2.45) is 0 Å². The van der Waals surface area contributed by atoms with Gasteiger partial charge in [-0.05, 0) is 66.6 Å². The summed E-state index contributed by atoms with van der Waals surface area (Å²) in [6.07, 6.45) is 1.54. The highest BCUT2D eigenvalue weighted by Crippen LogP contribution is 2.37. The third kappa shape index (κ3) is 3.05. The van der Waals surface area contributed by atoms with Gasteiger partial charge in [0.1, 0.15) is 5.82 Å². The van der Waals surface area contributed by atoms with Crippen LogP contribution in [0.1, 0.15) is 16.7 Å². The van der Waals surface area contributed by atoms with Crippen LogP contribution in [-0.4, -0.2) is 11.1 Å². The number of hydrogen-bond acceptors (Lipinski definition) is 3. The summed E-state index contributed by atoms with van der Waals surface area (Å²) in [5.74, 6) is -0.759. The normalized spacial score (nSPS) is 16.5. The zero-order valence-electron chi connectivity index (χ0n) is 12.7. The summed E-state index contributed by atoms with van der Waals surface area (Å²) in [5.41, 5.74) is 2.97. The molecule has 3 rings (SSSR count). The monoisotopic (exact) mass is 327 g/mol. The summed E-state index contributed by atoms with van der Waals surface area (Å²) >= 11 is 0.868. The molecule has 116 valence electrons. The van der Waals surface area contributed by atoms with Gasteiger partial charge in [0.25, 0.3) is 11.1 Å². The van der Waals surface area contributed by atoms with E-state index in [0.29, 0.717) is 16.2 Å². The maximum atomic E-state index is 13.3. The van der Waals surface area contributed by atoms with Crippen LogP contribution >= 0.6 is 11.8 Å². The van der Waals surface area contributed by atoms with Crippen molar-refractivity contribution in [1.82, 2.24) is 0 Å². The fourth-order valence-electron chi connectivity index (χ4n) is 2.38. The molecule has 0 N–H and O–H groups in total. The number of benzene rings is 2. The van der Waals surface area contributed by atoms with Gasteiger partial charge >= 0.3 is 0 Å². The van der Waals surface area contributed by atoms with E-state index in [2.05, 4.69) is 0 Å². The highest BCUT2D eigenvalue weighted by atomic mass is 32.2. The molecule has 0 aliphatic carbocycles. The number of amides is 2. The molecule has 3 nitrogen and oxygen atoms in total. The minimum Gasteiger partial charge on any atom is -0.268 e. The molecule has 1 aliphatic rings. The van der Waals surface area contributed by atoms with Crippen molar-refractivity contribution in [3.05, 3.63) is 69.9 Å². The van der Waals surface area contributed by atoms with Crippen LogP contribution < -0.4 is 4.90 Å². The Kier molecular flexibility index (Phi) is 4.05. The highest BCUT2D eigenvalue weighted by Gasteiger charge is 2.37. The maximum Gasteiger partial charge on any atom is 0.298 e. The van der Waals surface area contributed by atoms with E-state index in [1.807, 2.05) is 32.0 Å². The van der Waals surface area contributed by atoms with Gasteiger partial charge in [-0.2, -0.15) is 0 Å². The smallest absolute Gasteiger partial charge is 0.268 e. The molecule has 0 unspecified atom stereocenters. The van der Waals surface area contributed by atoms with Crippen LogP contribution in [-0.2, 0) is 4.79 Å². The number of carbonyl (C=O) groups excluding carboxylic acids is 2. The summed E-state index contributed by atoms with van der Waals surface area (Å²) in [6.45, 7) is 3.76. The van der Waals surface area contributed by atoms with E-state index < -0.39 is 0 Å². The molecule has 5 heteroatoms. The Morgan fingerprint density at radius 3 is 2.61 bits per heavy atom. The number of thioether (sulfide) groups is 1. The third-order valence-electron chi connectivity index (χ3n) is 3.55. The minimum atomic E-state index is -0.382. The second-order valence-electron chi connectivity index (χ2n) is 5.36. The number of nitrogens with zero attached hydrogens (tertiary/aromatic N) is 1. The Bertz CT molecular complexity index is 845. The molecule has 0 aromatic heterocycles. The van der Waals surface area contributed by atoms with Gasteiger partial charge < -0.3 is 0 Å². The second kappa shape index (κ2) is 6.01. The number of aryl methyl sites for hydroxylation is 2. The second-order valence-corrected chi connectivity index (χ2v) is 6.36. The number of halogens is 1. The first-order valence-electron chi connectivity index (χ1n) is 7.06. The quantitative estimate of drug-likeness (QED) is 0.751. The fourth-order valence-corrected chi connectivity index (χ4v) is 3.22. The number of rotatable bonds is 2. The molecule has 1 saturated heterocycles. The summed E-state index contributed by atoms with van der Waals surface area (Å²) in [4.78, 5) is 26.3. The van der Waals surface area contributed by atoms with Crippen LogP contribution in [0.25, 0.3) is 6.08 Å². The Balaban J connectivity index is 1.99. The van der Waals surface area contributed by atoms with Crippen LogP contribution in [0.3, 0.4) is 0 Å². The van der Waals surface area contributed by atoms with E-state index in [-0.39, 0.29) is 17.0 Å². The molecule has 0 atom stereocenters. The van der Waals surface area contributed by atoms with Crippen molar-refractivity contribution < 1.29 is 14.0 Å². The van der Waals surface area contributed by atoms with Crippen molar-refractivity contribution in [2.75, 3.05) is 4.90 Å². The fraction of sp³-hybridized carbons (Fsp3) is 0.111. The summed E-state index contributed by atoms with van der Waals surface area (Å²) < 4.78 is 13.3.